The van der Waals surface area contributed by atoms with Crippen LogP contribution in [0.25, 0.3) is 0 Å². The number of thiophene rings is 1. The van der Waals surface area contributed by atoms with Crippen LogP contribution in [-0.4, -0.2) is 18.2 Å². The van der Waals surface area contributed by atoms with Gasteiger partial charge in [-0.1, -0.05) is 11.6 Å². The Labute approximate surface area is 97.4 Å². The van der Waals surface area contributed by atoms with Crippen LogP contribution in [0.2, 0.25) is 5.02 Å². The highest BCUT2D eigenvalue weighted by atomic mass is 35.5. The van der Waals surface area contributed by atoms with Crippen LogP contribution in [0.4, 0.5) is 4.79 Å². The van der Waals surface area contributed by atoms with Gasteiger partial charge in [0.1, 0.15) is 6.61 Å². The molecule has 1 amide bonds. The predicted molar refractivity (Wildman–Crippen MR) is 60.5 cm³/mol. The molecule has 0 aliphatic carbocycles. The van der Waals surface area contributed by atoms with Crippen molar-refractivity contribution >= 4 is 29.0 Å². The lowest BCUT2D eigenvalue weighted by molar-refractivity contribution is 0.172. The fraction of sp³-hybridized carbons (Fsp3) is 0.500. The van der Waals surface area contributed by atoms with Gasteiger partial charge in [-0.2, -0.15) is 0 Å². The third-order valence-electron chi connectivity index (χ3n) is 2.52. The predicted octanol–water partition coefficient (Wildman–Crippen LogP) is 2.83. The maximum absolute atomic E-state index is 10.9. The van der Waals surface area contributed by atoms with Gasteiger partial charge in [0.15, 0.2) is 0 Å². The van der Waals surface area contributed by atoms with Gasteiger partial charge in [0.25, 0.3) is 0 Å². The summed E-state index contributed by atoms with van der Waals surface area (Å²) in [6.07, 6.45) is 1.39. The third kappa shape index (κ3) is 2.44. The number of alkyl carbamates (subject to hydrolysis) is 1. The molecule has 5 heteroatoms. The first kappa shape index (κ1) is 10.8. The highest BCUT2D eigenvalue weighted by Crippen LogP contribution is 2.26. The molecule has 1 N–H and O–H groups in total. The number of carbonyl (C=O) groups is 1. The van der Waals surface area contributed by atoms with Gasteiger partial charge in [-0.3, -0.25) is 0 Å². The molecule has 1 aliphatic heterocycles. The molecular weight excluding hydrogens is 234 g/mol. The second-order valence-corrected chi connectivity index (χ2v) is 5.36. The topological polar surface area (TPSA) is 38.3 Å². The van der Waals surface area contributed by atoms with Gasteiger partial charge in [-0.25, -0.2) is 4.79 Å². The first-order valence-corrected chi connectivity index (χ1v) is 6.02. The SMILES string of the molecule is C[C@@]1(CCc2sccc2Cl)COC(=O)N1. The minimum atomic E-state index is -0.324. The van der Waals surface area contributed by atoms with Crippen molar-refractivity contribution < 1.29 is 9.53 Å². The number of aryl methyl sites for hydroxylation is 1. The molecule has 1 saturated heterocycles. The zero-order valence-corrected chi connectivity index (χ0v) is 9.95. The fourth-order valence-electron chi connectivity index (χ4n) is 1.57. The molecule has 15 heavy (non-hydrogen) atoms. The van der Waals surface area contributed by atoms with Crippen LogP contribution < -0.4 is 5.32 Å². The van der Waals surface area contributed by atoms with Gasteiger partial charge >= 0.3 is 6.09 Å². The molecule has 0 saturated carbocycles. The number of cyclic esters (lactones) is 1. The molecule has 1 aromatic rings. The summed E-state index contributed by atoms with van der Waals surface area (Å²) in [7, 11) is 0. The quantitative estimate of drug-likeness (QED) is 0.889. The van der Waals surface area contributed by atoms with Crippen molar-refractivity contribution in [2.75, 3.05) is 6.61 Å². The van der Waals surface area contributed by atoms with E-state index in [-0.39, 0.29) is 11.6 Å². The van der Waals surface area contributed by atoms with Gasteiger partial charge in [0.2, 0.25) is 0 Å². The summed E-state index contributed by atoms with van der Waals surface area (Å²) in [5.41, 5.74) is -0.246. The van der Waals surface area contributed by atoms with Crippen molar-refractivity contribution in [3.05, 3.63) is 21.3 Å². The Morgan fingerprint density at radius 3 is 3.07 bits per heavy atom. The van der Waals surface area contributed by atoms with Crippen LogP contribution in [0.5, 0.6) is 0 Å². The van der Waals surface area contributed by atoms with Crippen LogP contribution in [0.1, 0.15) is 18.2 Å². The Bertz CT molecular complexity index is 379. The number of hydrogen-bond donors (Lipinski definition) is 1. The summed E-state index contributed by atoms with van der Waals surface area (Å²) in [6, 6.07) is 1.90. The van der Waals surface area contributed by atoms with E-state index in [1.807, 2.05) is 18.4 Å². The van der Waals surface area contributed by atoms with Crippen molar-refractivity contribution in [3.63, 3.8) is 0 Å². The second kappa shape index (κ2) is 4.02. The van der Waals surface area contributed by atoms with Crippen LogP contribution in [-0.2, 0) is 11.2 Å². The molecule has 0 bridgehead atoms. The van der Waals surface area contributed by atoms with E-state index in [0.29, 0.717) is 6.61 Å². The van der Waals surface area contributed by atoms with E-state index in [1.165, 1.54) is 4.88 Å². The molecule has 0 radical (unpaired) electrons. The average Bonchev–Trinajstić information content (AvgIpc) is 2.71. The summed E-state index contributed by atoms with van der Waals surface area (Å²) in [5.74, 6) is 0. The van der Waals surface area contributed by atoms with E-state index < -0.39 is 0 Å². The number of carbonyl (C=O) groups excluding carboxylic acids is 1. The van der Waals surface area contributed by atoms with Crippen LogP contribution in [0, 0.1) is 0 Å². The Kier molecular flexibility index (Phi) is 2.89. The number of amides is 1. The van der Waals surface area contributed by atoms with Gasteiger partial charge in [-0.15, -0.1) is 11.3 Å². The molecule has 0 aromatic carbocycles. The molecule has 1 aliphatic rings. The van der Waals surface area contributed by atoms with E-state index >= 15 is 0 Å². The lowest BCUT2D eigenvalue weighted by Crippen LogP contribution is -2.40. The van der Waals surface area contributed by atoms with Crippen molar-refractivity contribution in [2.45, 2.75) is 25.3 Å². The monoisotopic (exact) mass is 245 g/mol. The molecule has 0 spiro atoms. The van der Waals surface area contributed by atoms with E-state index in [9.17, 15) is 4.79 Å². The van der Waals surface area contributed by atoms with Gasteiger partial charge in [0.05, 0.1) is 10.6 Å². The third-order valence-corrected chi connectivity index (χ3v) is 3.97. The summed E-state index contributed by atoms with van der Waals surface area (Å²) >= 11 is 7.64. The molecular formula is C10H12ClNO2S. The smallest absolute Gasteiger partial charge is 0.407 e. The van der Waals surface area contributed by atoms with E-state index in [0.717, 1.165) is 17.9 Å². The summed E-state index contributed by atoms with van der Waals surface area (Å²) in [6.45, 7) is 2.42. The molecule has 3 nitrogen and oxygen atoms in total. The number of ether oxygens (including phenoxy) is 1. The van der Waals surface area contributed by atoms with E-state index in [1.54, 1.807) is 11.3 Å². The molecule has 1 atom stereocenters. The maximum atomic E-state index is 10.9. The summed E-state index contributed by atoms with van der Waals surface area (Å²) < 4.78 is 4.89. The van der Waals surface area contributed by atoms with E-state index in [4.69, 9.17) is 16.3 Å². The largest absolute Gasteiger partial charge is 0.447 e. The van der Waals surface area contributed by atoms with Gasteiger partial charge in [0, 0.05) is 4.88 Å². The summed E-state index contributed by atoms with van der Waals surface area (Å²) in [5, 5.41) is 5.60. The number of nitrogens with one attached hydrogen (secondary N) is 1. The fourth-order valence-corrected chi connectivity index (χ4v) is 2.71. The highest BCUT2D eigenvalue weighted by molar-refractivity contribution is 7.10. The van der Waals surface area contributed by atoms with E-state index in [2.05, 4.69) is 5.32 Å². The van der Waals surface area contributed by atoms with Crippen molar-refractivity contribution in [1.29, 1.82) is 0 Å². The Morgan fingerprint density at radius 1 is 1.73 bits per heavy atom. The van der Waals surface area contributed by atoms with Crippen LogP contribution in [0.15, 0.2) is 11.4 Å². The highest BCUT2D eigenvalue weighted by Gasteiger charge is 2.34. The second-order valence-electron chi connectivity index (χ2n) is 3.95. The minimum absolute atomic E-state index is 0.246. The van der Waals surface area contributed by atoms with Crippen LogP contribution >= 0.6 is 22.9 Å². The average molecular weight is 246 g/mol. The summed E-state index contributed by atoms with van der Waals surface area (Å²) in [4.78, 5) is 12.1. The standard InChI is InChI=1S/C10H12ClNO2S/c1-10(6-14-9(13)12-10)4-2-8-7(11)3-5-15-8/h3,5H,2,4,6H2,1H3,(H,12,13)/t10-/m1/s1. The Balaban J connectivity index is 1.93. The van der Waals surface area contributed by atoms with Gasteiger partial charge in [-0.05, 0) is 31.2 Å². The zero-order chi connectivity index (χ0) is 10.9. The molecule has 1 fully saturated rings. The normalized spacial score (nSPS) is 25.1. The van der Waals surface area contributed by atoms with Gasteiger partial charge < -0.3 is 10.1 Å². The minimum Gasteiger partial charge on any atom is -0.447 e. The zero-order valence-electron chi connectivity index (χ0n) is 8.38. The molecule has 0 unspecified atom stereocenters. The lowest BCUT2D eigenvalue weighted by atomic mass is 9.97. The lowest BCUT2D eigenvalue weighted by Gasteiger charge is -2.20. The number of halogens is 1. The first-order valence-electron chi connectivity index (χ1n) is 4.76. The molecule has 2 rings (SSSR count). The Hall–Kier alpha value is -0.740. The Morgan fingerprint density at radius 2 is 2.53 bits per heavy atom. The number of rotatable bonds is 3. The van der Waals surface area contributed by atoms with Crippen molar-refractivity contribution in [2.24, 2.45) is 0 Å². The molecule has 2 heterocycles. The maximum Gasteiger partial charge on any atom is 0.407 e. The first-order chi connectivity index (χ1) is 7.09. The molecule has 1 aromatic heterocycles. The molecule has 82 valence electrons. The van der Waals surface area contributed by atoms with Crippen LogP contribution in [0.3, 0.4) is 0 Å². The number of hydrogen-bond acceptors (Lipinski definition) is 3. The van der Waals surface area contributed by atoms with Crippen molar-refractivity contribution in [3.8, 4) is 0 Å². The van der Waals surface area contributed by atoms with Crippen molar-refractivity contribution in [1.82, 2.24) is 5.32 Å².